The van der Waals surface area contributed by atoms with Crippen LogP contribution in [0.25, 0.3) is 0 Å². The van der Waals surface area contributed by atoms with Gasteiger partial charge in [-0.3, -0.25) is 4.79 Å². The minimum Gasteiger partial charge on any atom is -0.354 e. The van der Waals surface area contributed by atoms with E-state index in [0.29, 0.717) is 6.54 Å². The van der Waals surface area contributed by atoms with Gasteiger partial charge >= 0.3 is 0 Å². The Bertz CT molecular complexity index is 360. The fraction of sp³-hybridized carbons (Fsp3) is 0.500. The summed E-state index contributed by atoms with van der Waals surface area (Å²) >= 11 is 0. The number of carbonyl (C=O) groups excluding carboxylic acids is 1. The Hall–Kier alpha value is -1.35. The number of rotatable bonds is 5. The molecule has 94 valence electrons. The lowest BCUT2D eigenvalue weighted by Gasteiger charge is -2.26. The van der Waals surface area contributed by atoms with Crippen molar-refractivity contribution in [2.24, 2.45) is 0 Å². The lowest BCUT2D eigenvalue weighted by atomic mass is 9.84. The highest BCUT2D eigenvalue weighted by atomic mass is 16.2. The molecule has 3 nitrogen and oxygen atoms in total. The predicted molar refractivity (Wildman–Crippen MR) is 71.0 cm³/mol. The Morgan fingerprint density at radius 1 is 1.29 bits per heavy atom. The maximum atomic E-state index is 11.7. The number of hydrogen-bond acceptors (Lipinski definition) is 2. The van der Waals surface area contributed by atoms with Crippen LogP contribution in [-0.4, -0.2) is 25.5 Å². The molecule has 17 heavy (non-hydrogen) atoms. The number of likely N-dealkylation sites (N-methyl/N-ethyl adjacent to an activating group) is 1. The highest BCUT2D eigenvalue weighted by Gasteiger charge is 2.22. The van der Waals surface area contributed by atoms with Crippen molar-refractivity contribution in [2.75, 3.05) is 13.6 Å². The average molecular weight is 234 g/mol. The normalized spacial score (nSPS) is 13.2. The molecular weight excluding hydrogens is 212 g/mol. The molecule has 1 unspecified atom stereocenters. The number of hydrogen-bond donors (Lipinski definition) is 2. The van der Waals surface area contributed by atoms with Gasteiger partial charge in [0.2, 0.25) is 5.91 Å². The number of benzene rings is 1. The molecular formula is C14H22N2O. The maximum absolute atomic E-state index is 11.7. The second-order valence-electron chi connectivity index (χ2n) is 4.98. The Morgan fingerprint density at radius 3 is 2.41 bits per heavy atom. The summed E-state index contributed by atoms with van der Waals surface area (Å²) < 4.78 is 0. The summed E-state index contributed by atoms with van der Waals surface area (Å²) in [6.45, 7) is 6.76. The molecule has 0 aliphatic rings. The first-order valence-corrected chi connectivity index (χ1v) is 5.98. The van der Waals surface area contributed by atoms with Gasteiger partial charge in [0.15, 0.2) is 0 Å². The molecule has 0 aromatic heterocycles. The quantitative estimate of drug-likeness (QED) is 0.814. The van der Waals surface area contributed by atoms with Crippen LogP contribution in [0.4, 0.5) is 0 Å². The molecule has 1 atom stereocenters. The minimum atomic E-state index is -0.151. The lowest BCUT2D eigenvalue weighted by Crippen LogP contribution is -2.45. The summed E-state index contributed by atoms with van der Waals surface area (Å²) in [5.74, 6) is 0.0384. The molecule has 3 heteroatoms. The van der Waals surface area contributed by atoms with Crippen LogP contribution in [0.3, 0.4) is 0 Å². The summed E-state index contributed by atoms with van der Waals surface area (Å²) in [7, 11) is 1.78. The smallest absolute Gasteiger partial charge is 0.236 e. The van der Waals surface area contributed by atoms with E-state index in [1.807, 2.05) is 25.1 Å². The zero-order valence-corrected chi connectivity index (χ0v) is 11.1. The fourth-order valence-electron chi connectivity index (χ4n) is 1.58. The van der Waals surface area contributed by atoms with Crippen LogP contribution in [0.2, 0.25) is 0 Å². The van der Waals surface area contributed by atoms with E-state index < -0.39 is 0 Å². The average Bonchev–Trinajstić information content (AvgIpc) is 2.36. The Morgan fingerprint density at radius 2 is 1.88 bits per heavy atom. The van der Waals surface area contributed by atoms with E-state index in [-0.39, 0.29) is 17.4 Å². The van der Waals surface area contributed by atoms with Gasteiger partial charge in [-0.25, -0.2) is 0 Å². The Kier molecular flexibility index (Phi) is 4.70. The van der Waals surface area contributed by atoms with Crippen molar-refractivity contribution in [3.63, 3.8) is 0 Å². The van der Waals surface area contributed by atoms with Crippen molar-refractivity contribution >= 4 is 5.91 Å². The predicted octanol–water partition coefficient (Wildman–Crippen LogP) is 1.69. The zero-order valence-electron chi connectivity index (χ0n) is 11.1. The maximum Gasteiger partial charge on any atom is 0.236 e. The summed E-state index contributed by atoms with van der Waals surface area (Å²) in [6, 6.07) is 10.1. The van der Waals surface area contributed by atoms with Crippen LogP contribution in [-0.2, 0) is 10.2 Å². The first-order chi connectivity index (χ1) is 7.97. The van der Waals surface area contributed by atoms with Gasteiger partial charge in [-0.15, -0.1) is 0 Å². The Labute approximate surface area is 104 Å². The molecule has 1 rings (SSSR count). The van der Waals surface area contributed by atoms with Crippen molar-refractivity contribution in [1.29, 1.82) is 0 Å². The van der Waals surface area contributed by atoms with E-state index in [4.69, 9.17) is 0 Å². The van der Waals surface area contributed by atoms with Crippen LogP contribution in [0, 0.1) is 0 Å². The molecule has 0 aliphatic heterocycles. The van der Waals surface area contributed by atoms with Crippen molar-refractivity contribution in [3.05, 3.63) is 35.9 Å². The van der Waals surface area contributed by atoms with Gasteiger partial charge in [0.1, 0.15) is 0 Å². The second-order valence-corrected chi connectivity index (χ2v) is 4.98. The topological polar surface area (TPSA) is 41.1 Å². The molecule has 0 saturated heterocycles. The van der Waals surface area contributed by atoms with Crippen molar-refractivity contribution in [3.8, 4) is 0 Å². The van der Waals surface area contributed by atoms with Crippen LogP contribution < -0.4 is 10.6 Å². The number of nitrogens with one attached hydrogen (secondary N) is 2. The summed E-state index contributed by atoms with van der Waals surface area (Å²) in [5, 5.41) is 5.90. The summed E-state index contributed by atoms with van der Waals surface area (Å²) in [4.78, 5) is 11.7. The molecule has 2 N–H and O–H groups in total. The molecule has 0 fully saturated rings. The van der Waals surface area contributed by atoms with Gasteiger partial charge in [-0.2, -0.15) is 0 Å². The first-order valence-electron chi connectivity index (χ1n) is 5.98. The van der Waals surface area contributed by atoms with E-state index in [0.717, 1.165) is 0 Å². The zero-order chi connectivity index (χ0) is 12.9. The third kappa shape index (κ3) is 3.86. The minimum absolute atomic E-state index is 0.0384. The van der Waals surface area contributed by atoms with E-state index in [9.17, 15) is 4.79 Å². The van der Waals surface area contributed by atoms with Gasteiger partial charge in [0.05, 0.1) is 6.04 Å². The van der Waals surface area contributed by atoms with E-state index in [1.54, 1.807) is 7.05 Å². The monoisotopic (exact) mass is 234 g/mol. The third-order valence-electron chi connectivity index (χ3n) is 3.09. The molecule has 0 radical (unpaired) electrons. The largest absolute Gasteiger partial charge is 0.354 e. The van der Waals surface area contributed by atoms with Crippen LogP contribution in [0.15, 0.2) is 30.3 Å². The van der Waals surface area contributed by atoms with Crippen molar-refractivity contribution < 1.29 is 4.79 Å². The van der Waals surface area contributed by atoms with Gasteiger partial charge in [-0.05, 0) is 19.5 Å². The molecule has 0 spiro atoms. The molecule has 0 heterocycles. The third-order valence-corrected chi connectivity index (χ3v) is 3.09. The molecule has 1 aromatic rings. The number of carbonyl (C=O) groups is 1. The summed E-state index contributed by atoms with van der Waals surface area (Å²) in [5.41, 5.74) is 1.18. The van der Waals surface area contributed by atoms with Gasteiger partial charge in [0, 0.05) is 12.0 Å². The van der Waals surface area contributed by atoms with Gasteiger partial charge < -0.3 is 10.6 Å². The van der Waals surface area contributed by atoms with Crippen LogP contribution in [0.5, 0.6) is 0 Å². The standard InChI is InChI=1S/C14H22N2O/c1-11(15-4)13(17)16-10-14(2,3)12-8-6-5-7-9-12/h5-9,11,15H,10H2,1-4H3,(H,16,17). The van der Waals surface area contributed by atoms with E-state index in [1.165, 1.54) is 5.56 Å². The lowest BCUT2D eigenvalue weighted by molar-refractivity contribution is -0.122. The summed E-state index contributed by atoms with van der Waals surface area (Å²) in [6.07, 6.45) is 0. The SMILES string of the molecule is CNC(C)C(=O)NCC(C)(C)c1ccccc1. The fourth-order valence-corrected chi connectivity index (χ4v) is 1.58. The van der Waals surface area contributed by atoms with E-state index >= 15 is 0 Å². The molecule has 0 aliphatic carbocycles. The number of amides is 1. The molecule has 1 aromatic carbocycles. The van der Waals surface area contributed by atoms with Crippen molar-refractivity contribution in [2.45, 2.75) is 32.2 Å². The highest BCUT2D eigenvalue weighted by Crippen LogP contribution is 2.21. The van der Waals surface area contributed by atoms with E-state index in [2.05, 4.69) is 36.6 Å². The second kappa shape index (κ2) is 5.82. The first kappa shape index (κ1) is 13.7. The van der Waals surface area contributed by atoms with Crippen LogP contribution >= 0.6 is 0 Å². The Balaban J connectivity index is 2.59. The van der Waals surface area contributed by atoms with Gasteiger partial charge in [-0.1, -0.05) is 44.2 Å². The van der Waals surface area contributed by atoms with Crippen molar-refractivity contribution in [1.82, 2.24) is 10.6 Å². The molecule has 1 amide bonds. The molecule has 0 bridgehead atoms. The van der Waals surface area contributed by atoms with Crippen LogP contribution in [0.1, 0.15) is 26.3 Å². The molecule has 0 saturated carbocycles. The highest BCUT2D eigenvalue weighted by molar-refractivity contribution is 5.81. The van der Waals surface area contributed by atoms with Gasteiger partial charge in [0.25, 0.3) is 0 Å².